The molecule has 0 atom stereocenters. The Hall–Kier alpha value is -2.79. The van der Waals surface area contributed by atoms with Crippen molar-refractivity contribution in [1.29, 1.82) is 0 Å². The predicted molar refractivity (Wildman–Crippen MR) is 122 cm³/mol. The van der Waals surface area contributed by atoms with Crippen LogP contribution in [0, 0.1) is 13.8 Å². The number of hydrogen-bond acceptors (Lipinski definition) is 5. The van der Waals surface area contributed by atoms with E-state index >= 15 is 0 Å². The van der Waals surface area contributed by atoms with E-state index in [1.54, 1.807) is 12.3 Å². The van der Waals surface area contributed by atoms with E-state index in [1.165, 1.54) is 0 Å². The van der Waals surface area contributed by atoms with Crippen LogP contribution in [0.5, 0.6) is 5.75 Å². The van der Waals surface area contributed by atoms with Gasteiger partial charge >= 0.3 is 0 Å². The fourth-order valence-electron chi connectivity index (χ4n) is 4.17. The van der Waals surface area contributed by atoms with Gasteiger partial charge in [0.05, 0.1) is 11.6 Å². The van der Waals surface area contributed by atoms with Gasteiger partial charge in [0.25, 0.3) is 0 Å². The van der Waals surface area contributed by atoms with Crippen molar-refractivity contribution in [1.82, 2.24) is 4.90 Å². The number of benzene rings is 2. The number of piperazine rings is 1. The largest absolute Gasteiger partial charge is 0.508 e. The van der Waals surface area contributed by atoms with Crippen molar-refractivity contribution in [3.63, 3.8) is 0 Å². The number of fused-ring (bicyclic) bond motifs is 1. The summed E-state index contributed by atoms with van der Waals surface area (Å²) < 4.78 is 5.73. The molecule has 3 aromatic rings. The lowest BCUT2D eigenvalue weighted by Gasteiger charge is -2.36. The SMILES string of the molecule is Cc1cc2occ(CCCCN3CCN(c4cccc(O)c4)CC3)c(=O)c2cc1C. The molecule has 2 aromatic carbocycles. The second-order valence-electron chi connectivity index (χ2n) is 8.33. The number of aryl methyl sites for hydroxylation is 3. The number of hydrogen-bond donors (Lipinski definition) is 1. The smallest absolute Gasteiger partial charge is 0.195 e. The summed E-state index contributed by atoms with van der Waals surface area (Å²) in [6.07, 6.45) is 4.45. The molecule has 0 amide bonds. The minimum atomic E-state index is 0.110. The Kier molecular flexibility index (Phi) is 6.09. The Morgan fingerprint density at radius 1 is 1.00 bits per heavy atom. The number of unbranched alkanes of at least 4 members (excludes halogenated alkanes) is 1. The van der Waals surface area contributed by atoms with Crippen LogP contribution < -0.4 is 10.3 Å². The maximum absolute atomic E-state index is 12.8. The van der Waals surface area contributed by atoms with Crippen LogP contribution in [0.1, 0.15) is 29.5 Å². The van der Waals surface area contributed by atoms with Crippen molar-refractivity contribution in [2.24, 2.45) is 0 Å². The third-order valence-corrected chi connectivity index (χ3v) is 6.20. The van der Waals surface area contributed by atoms with Gasteiger partial charge < -0.3 is 14.4 Å². The highest BCUT2D eigenvalue weighted by atomic mass is 16.3. The first-order chi connectivity index (χ1) is 14.5. The van der Waals surface area contributed by atoms with Crippen molar-refractivity contribution in [2.75, 3.05) is 37.6 Å². The van der Waals surface area contributed by atoms with E-state index in [-0.39, 0.29) is 5.43 Å². The van der Waals surface area contributed by atoms with Gasteiger partial charge in [-0.05, 0) is 75.0 Å². The minimum Gasteiger partial charge on any atom is -0.508 e. The summed E-state index contributed by atoms with van der Waals surface area (Å²) in [5.74, 6) is 0.318. The van der Waals surface area contributed by atoms with Crippen LogP contribution in [0.25, 0.3) is 11.0 Å². The number of phenols is 1. The third-order valence-electron chi connectivity index (χ3n) is 6.20. The first-order valence-corrected chi connectivity index (χ1v) is 10.8. The lowest BCUT2D eigenvalue weighted by molar-refractivity contribution is 0.253. The molecule has 0 aliphatic carbocycles. The Bertz CT molecular complexity index is 1080. The van der Waals surface area contributed by atoms with Gasteiger partial charge in [0.2, 0.25) is 0 Å². The van der Waals surface area contributed by atoms with E-state index in [9.17, 15) is 9.90 Å². The second kappa shape index (κ2) is 8.92. The van der Waals surface area contributed by atoms with E-state index < -0.39 is 0 Å². The molecule has 1 saturated heterocycles. The third kappa shape index (κ3) is 4.51. The van der Waals surface area contributed by atoms with Crippen LogP contribution in [0.4, 0.5) is 5.69 Å². The monoisotopic (exact) mass is 406 g/mol. The highest BCUT2D eigenvalue weighted by molar-refractivity contribution is 5.78. The minimum absolute atomic E-state index is 0.110. The van der Waals surface area contributed by atoms with Crippen LogP contribution in [0.3, 0.4) is 0 Å². The summed E-state index contributed by atoms with van der Waals surface area (Å²) in [7, 11) is 0. The van der Waals surface area contributed by atoms with Crippen molar-refractivity contribution in [3.05, 3.63) is 69.6 Å². The molecule has 1 aromatic heterocycles. The van der Waals surface area contributed by atoms with Gasteiger partial charge in [-0.3, -0.25) is 9.69 Å². The Morgan fingerprint density at radius 3 is 2.53 bits per heavy atom. The summed E-state index contributed by atoms with van der Waals surface area (Å²) >= 11 is 0. The van der Waals surface area contributed by atoms with E-state index in [0.717, 1.165) is 74.4 Å². The Balaban J connectivity index is 1.26. The molecule has 1 aliphatic rings. The van der Waals surface area contributed by atoms with Crippen molar-refractivity contribution in [2.45, 2.75) is 33.1 Å². The molecule has 0 radical (unpaired) electrons. The summed E-state index contributed by atoms with van der Waals surface area (Å²) in [5.41, 5.74) is 4.91. The Labute approximate surface area is 177 Å². The van der Waals surface area contributed by atoms with E-state index in [2.05, 4.69) is 9.80 Å². The highest BCUT2D eigenvalue weighted by Gasteiger charge is 2.17. The van der Waals surface area contributed by atoms with E-state index in [1.807, 2.05) is 44.2 Å². The van der Waals surface area contributed by atoms with Crippen LogP contribution >= 0.6 is 0 Å². The molecule has 2 heterocycles. The molecule has 5 heteroatoms. The maximum Gasteiger partial charge on any atom is 0.195 e. The molecule has 0 spiro atoms. The molecule has 1 aliphatic heterocycles. The zero-order valence-electron chi connectivity index (χ0n) is 17.9. The van der Waals surface area contributed by atoms with E-state index in [4.69, 9.17) is 4.42 Å². The molecule has 1 N–H and O–H groups in total. The van der Waals surface area contributed by atoms with Gasteiger partial charge in [0, 0.05) is 43.5 Å². The standard InChI is InChI=1S/C25H30N2O3/c1-18-14-23-24(15-19(18)2)30-17-20(25(23)29)6-3-4-9-26-10-12-27(13-11-26)21-7-5-8-22(28)16-21/h5,7-8,14-17,28H,3-4,6,9-13H2,1-2H3. The second-order valence-corrected chi connectivity index (χ2v) is 8.33. The summed E-state index contributed by atoms with van der Waals surface area (Å²) in [5, 5.41) is 10.4. The van der Waals surface area contributed by atoms with Crippen LogP contribution in [0.15, 0.2) is 51.9 Å². The number of anilines is 1. The molecule has 0 saturated carbocycles. The molecular weight excluding hydrogens is 376 g/mol. The maximum atomic E-state index is 12.8. The Morgan fingerprint density at radius 2 is 1.77 bits per heavy atom. The summed E-state index contributed by atoms with van der Waals surface area (Å²) in [4.78, 5) is 17.6. The number of phenolic OH excluding ortho intramolecular Hbond substituents is 1. The summed E-state index contributed by atoms with van der Waals surface area (Å²) in [6.45, 7) is 9.09. The van der Waals surface area contributed by atoms with Gasteiger partial charge in [-0.2, -0.15) is 0 Å². The predicted octanol–water partition coefficient (Wildman–Crippen LogP) is 4.26. The molecule has 0 unspecified atom stereocenters. The highest BCUT2D eigenvalue weighted by Crippen LogP contribution is 2.21. The quantitative estimate of drug-likeness (QED) is 0.620. The van der Waals surface area contributed by atoms with Gasteiger partial charge in [0.15, 0.2) is 5.43 Å². The zero-order valence-corrected chi connectivity index (χ0v) is 17.9. The fraction of sp³-hybridized carbons (Fsp3) is 0.400. The summed E-state index contributed by atoms with van der Waals surface area (Å²) in [6, 6.07) is 11.4. The first kappa shape index (κ1) is 20.5. The van der Waals surface area contributed by atoms with Gasteiger partial charge in [-0.15, -0.1) is 0 Å². The van der Waals surface area contributed by atoms with Crippen LogP contribution in [0.2, 0.25) is 0 Å². The topological polar surface area (TPSA) is 56.9 Å². The number of rotatable bonds is 6. The molecule has 158 valence electrons. The molecular formula is C25H30N2O3. The normalized spacial score (nSPS) is 15.1. The fourth-order valence-corrected chi connectivity index (χ4v) is 4.17. The molecule has 1 fully saturated rings. The zero-order chi connectivity index (χ0) is 21.1. The first-order valence-electron chi connectivity index (χ1n) is 10.8. The number of nitrogens with zero attached hydrogens (tertiary/aromatic N) is 2. The van der Waals surface area contributed by atoms with Crippen molar-refractivity contribution in [3.8, 4) is 5.75 Å². The van der Waals surface area contributed by atoms with E-state index in [0.29, 0.717) is 16.7 Å². The van der Waals surface area contributed by atoms with Crippen LogP contribution in [-0.2, 0) is 6.42 Å². The molecule has 5 nitrogen and oxygen atoms in total. The average Bonchev–Trinajstić information content (AvgIpc) is 2.74. The number of aromatic hydroxyl groups is 1. The molecule has 0 bridgehead atoms. The van der Waals surface area contributed by atoms with Crippen molar-refractivity contribution >= 4 is 16.7 Å². The van der Waals surface area contributed by atoms with Gasteiger partial charge in [0.1, 0.15) is 11.3 Å². The van der Waals surface area contributed by atoms with Gasteiger partial charge in [-0.1, -0.05) is 6.07 Å². The molecule has 30 heavy (non-hydrogen) atoms. The van der Waals surface area contributed by atoms with Crippen molar-refractivity contribution < 1.29 is 9.52 Å². The van der Waals surface area contributed by atoms with Crippen LogP contribution in [-0.4, -0.2) is 42.7 Å². The lowest BCUT2D eigenvalue weighted by Crippen LogP contribution is -2.46. The lowest BCUT2D eigenvalue weighted by atomic mass is 10.0. The average molecular weight is 407 g/mol. The molecule has 4 rings (SSSR count). The van der Waals surface area contributed by atoms with Gasteiger partial charge in [-0.25, -0.2) is 0 Å².